The van der Waals surface area contributed by atoms with E-state index in [4.69, 9.17) is 16.3 Å². The normalized spacial score (nSPS) is 12.2. The van der Waals surface area contributed by atoms with Crippen LogP contribution in [0, 0.1) is 6.92 Å². The highest BCUT2D eigenvalue weighted by molar-refractivity contribution is 6.30. The van der Waals surface area contributed by atoms with Crippen LogP contribution in [0.1, 0.15) is 24.3 Å². The molecule has 26 heavy (non-hydrogen) atoms. The number of aryl methyl sites for hydroxylation is 1. The Bertz CT molecular complexity index is 889. The van der Waals surface area contributed by atoms with Crippen LogP contribution in [0.3, 0.4) is 0 Å². The third kappa shape index (κ3) is 4.23. The Morgan fingerprint density at radius 3 is 2.58 bits per heavy atom. The van der Waals surface area contributed by atoms with Crippen molar-refractivity contribution in [1.82, 2.24) is 25.0 Å². The largest absolute Gasteiger partial charge is 0.454 e. The van der Waals surface area contributed by atoms with Crippen molar-refractivity contribution in [3.05, 3.63) is 53.1 Å². The third-order valence-electron chi connectivity index (χ3n) is 3.46. The molecule has 2 aromatic heterocycles. The maximum absolute atomic E-state index is 12.5. The van der Waals surface area contributed by atoms with E-state index in [1.807, 2.05) is 0 Å². The fourth-order valence-corrected chi connectivity index (χ4v) is 2.22. The maximum atomic E-state index is 12.5. The number of alkyl halides is 2. The topological polar surface area (TPSA) is 75.0 Å². The number of nitrogens with zero attached hydrogens (tertiary/aromatic N) is 5. The van der Waals surface area contributed by atoms with E-state index in [1.165, 1.54) is 23.1 Å². The number of rotatable bonds is 6. The van der Waals surface area contributed by atoms with E-state index in [9.17, 15) is 8.78 Å². The van der Waals surface area contributed by atoms with Crippen LogP contribution in [-0.4, -0.2) is 31.6 Å². The zero-order valence-electron chi connectivity index (χ0n) is 13.8. The van der Waals surface area contributed by atoms with Gasteiger partial charge < -0.3 is 9.47 Å². The van der Waals surface area contributed by atoms with E-state index >= 15 is 0 Å². The van der Waals surface area contributed by atoms with Crippen molar-refractivity contribution in [2.24, 2.45) is 0 Å². The van der Waals surface area contributed by atoms with E-state index in [0.29, 0.717) is 22.0 Å². The molecule has 1 aromatic carbocycles. The SMILES string of the molecule is Cc1ccc(-n2cc(C(C)Oc3ncc(Cl)cn3)nn2)cc1OC(F)F. The fraction of sp³-hybridized carbons (Fsp3) is 0.250. The molecule has 0 saturated heterocycles. The van der Waals surface area contributed by atoms with Gasteiger partial charge in [0.05, 0.1) is 29.3 Å². The minimum absolute atomic E-state index is 0.0772. The second kappa shape index (κ2) is 7.61. The minimum Gasteiger partial charge on any atom is -0.454 e. The number of halogens is 3. The van der Waals surface area contributed by atoms with Crippen molar-refractivity contribution < 1.29 is 18.3 Å². The van der Waals surface area contributed by atoms with Crippen LogP contribution in [0.5, 0.6) is 11.8 Å². The van der Waals surface area contributed by atoms with Crippen molar-refractivity contribution in [3.8, 4) is 17.4 Å². The average molecular weight is 382 g/mol. The molecule has 136 valence electrons. The summed E-state index contributed by atoms with van der Waals surface area (Å²) < 4.78 is 36.5. The number of hydrogen-bond acceptors (Lipinski definition) is 6. The number of benzene rings is 1. The van der Waals surface area contributed by atoms with Gasteiger partial charge in [-0.3, -0.25) is 0 Å². The van der Waals surface area contributed by atoms with Gasteiger partial charge in [0.1, 0.15) is 17.5 Å². The predicted octanol–water partition coefficient (Wildman–Crippen LogP) is 3.76. The Kier molecular flexibility index (Phi) is 5.27. The molecule has 0 aliphatic rings. The number of ether oxygens (including phenoxy) is 2. The molecule has 0 aliphatic carbocycles. The lowest BCUT2D eigenvalue weighted by Gasteiger charge is -2.10. The zero-order chi connectivity index (χ0) is 18.7. The van der Waals surface area contributed by atoms with E-state index in [-0.39, 0.29) is 11.8 Å². The molecule has 0 spiro atoms. The predicted molar refractivity (Wildman–Crippen MR) is 88.8 cm³/mol. The molecule has 0 aliphatic heterocycles. The second-order valence-corrected chi connectivity index (χ2v) is 5.80. The number of aromatic nitrogens is 5. The van der Waals surface area contributed by atoms with Crippen LogP contribution >= 0.6 is 11.6 Å². The highest BCUT2D eigenvalue weighted by atomic mass is 35.5. The Morgan fingerprint density at radius 1 is 1.15 bits per heavy atom. The lowest BCUT2D eigenvalue weighted by Crippen LogP contribution is -2.06. The van der Waals surface area contributed by atoms with E-state index < -0.39 is 12.7 Å². The Hall–Kier alpha value is -2.81. The van der Waals surface area contributed by atoms with Crippen molar-refractivity contribution in [2.45, 2.75) is 26.6 Å². The summed E-state index contributed by atoms with van der Waals surface area (Å²) >= 11 is 5.73. The monoisotopic (exact) mass is 381 g/mol. The number of hydrogen-bond donors (Lipinski definition) is 0. The van der Waals surface area contributed by atoms with Crippen molar-refractivity contribution in [2.75, 3.05) is 0 Å². The van der Waals surface area contributed by atoms with Gasteiger partial charge in [-0.15, -0.1) is 5.10 Å². The molecule has 3 aromatic rings. The van der Waals surface area contributed by atoms with Crippen LogP contribution in [0.15, 0.2) is 36.8 Å². The quantitative estimate of drug-likeness (QED) is 0.647. The molecule has 1 unspecified atom stereocenters. The van der Waals surface area contributed by atoms with Gasteiger partial charge in [0.15, 0.2) is 0 Å². The summed E-state index contributed by atoms with van der Waals surface area (Å²) in [4.78, 5) is 7.90. The van der Waals surface area contributed by atoms with Gasteiger partial charge in [0.25, 0.3) is 0 Å². The summed E-state index contributed by atoms with van der Waals surface area (Å²) in [6.07, 6.45) is 3.98. The second-order valence-electron chi connectivity index (χ2n) is 5.36. The molecule has 1 atom stereocenters. The van der Waals surface area contributed by atoms with Gasteiger partial charge in [-0.05, 0) is 25.5 Å². The Balaban J connectivity index is 1.77. The van der Waals surface area contributed by atoms with Crippen LogP contribution < -0.4 is 9.47 Å². The van der Waals surface area contributed by atoms with Crippen molar-refractivity contribution in [1.29, 1.82) is 0 Å². The fourth-order valence-electron chi connectivity index (χ4n) is 2.12. The molecule has 3 rings (SSSR count). The van der Waals surface area contributed by atoms with Gasteiger partial charge in [-0.1, -0.05) is 22.9 Å². The first-order valence-corrected chi connectivity index (χ1v) is 7.92. The summed E-state index contributed by atoms with van der Waals surface area (Å²) in [6.45, 7) is 0.534. The molecule has 0 radical (unpaired) electrons. The van der Waals surface area contributed by atoms with E-state index in [0.717, 1.165) is 0 Å². The highest BCUT2D eigenvalue weighted by Gasteiger charge is 2.15. The van der Waals surface area contributed by atoms with Gasteiger partial charge in [0.2, 0.25) is 0 Å². The molecule has 0 N–H and O–H groups in total. The van der Waals surface area contributed by atoms with Gasteiger partial charge in [0, 0.05) is 6.07 Å². The molecular weight excluding hydrogens is 368 g/mol. The third-order valence-corrected chi connectivity index (χ3v) is 3.65. The van der Waals surface area contributed by atoms with E-state index in [2.05, 4.69) is 25.0 Å². The first-order chi connectivity index (χ1) is 12.4. The minimum atomic E-state index is -2.90. The molecular formula is C16H14ClF2N5O2. The van der Waals surface area contributed by atoms with Crippen molar-refractivity contribution >= 4 is 11.6 Å². The summed E-state index contributed by atoms with van der Waals surface area (Å²) in [5, 5.41) is 8.43. The molecule has 0 amide bonds. The lowest BCUT2D eigenvalue weighted by atomic mass is 10.2. The first kappa shape index (κ1) is 18.0. The molecule has 0 fully saturated rings. The van der Waals surface area contributed by atoms with Crippen LogP contribution in [0.2, 0.25) is 5.02 Å². The van der Waals surface area contributed by atoms with Gasteiger partial charge in [-0.2, -0.15) is 8.78 Å². The zero-order valence-corrected chi connectivity index (χ0v) is 14.6. The lowest BCUT2D eigenvalue weighted by molar-refractivity contribution is -0.0502. The standard InChI is InChI=1S/C16H14ClF2N5O2/c1-9-3-4-12(5-14(9)26-15(18)19)24-8-13(22-23-24)10(2)25-16-20-6-11(17)7-21-16/h3-8,10,15H,1-2H3. The summed E-state index contributed by atoms with van der Waals surface area (Å²) in [5.41, 5.74) is 1.63. The maximum Gasteiger partial charge on any atom is 0.387 e. The Morgan fingerprint density at radius 2 is 1.88 bits per heavy atom. The molecule has 7 nitrogen and oxygen atoms in total. The summed E-state index contributed by atoms with van der Waals surface area (Å²) in [6, 6.07) is 5.00. The highest BCUT2D eigenvalue weighted by Crippen LogP contribution is 2.24. The van der Waals surface area contributed by atoms with Gasteiger partial charge in [-0.25, -0.2) is 14.6 Å². The van der Waals surface area contributed by atoms with E-state index in [1.54, 1.807) is 32.2 Å². The Labute approximate surface area is 152 Å². The van der Waals surface area contributed by atoms with Crippen molar-refractivity contribution in [3.63, 3.8) is 0 Å². The molecule has 2 heterocycles. The molecule has 0 saturated carbocycles. The molecule has 10 heteroatoms. The molecule has 0 bridgehead atoms. The van der Waals surface area contributed by atoms with Crippen LogP contribution in [0.25, 0.3) is 5.69 Å². The summed E-state index contributed by atoms with van der Waals surface area (Å²) in [5.74, 6) is 0.0772. The smallest absolute Gasteiger partial charge is 0.387 e. The van der Waals surface area contributed by atoms with Crippen LogP contribution in [-0.2, 0) is 0 Å². The average Bonchev–Trinajstić information content (AvgIpc) is 3.09. The van der Waals surface area contributed by atoms with Gasteiger partial charge >= 0.3 is 12.6 Å². The summed E-state index contributed by atoms with van der Waals surface area (Å²) in [7, 11) is 0. The van der Waals surface area contributed by atoms with Crippen LogP contribution in [0.4, 0.5) is 8.78 Å². The first-order valence-electron chi connectivity index (χ1n) is 7.54.